The van der Waals surface area contributed by atoms with Crippen molar-refractivity contribution in [2.24, 2.45) is 0 Å². The average molecular weight is 337 g/mol. The lowest BCUT2D eigenvalue weighted by Gasteiger charge is -2.18. The highest BCUT2D eigenvalue weighted by Gasteiger charge is 2.09. The van der Waals surface area contributed by atoms with E-state index in [0.29, 0.717) is 6.10 Å². The summed E-state index contributed by atoms with van der Waals surface area (Å²) in [4.78, 5) is 4.14. The van der Waals surface area contributed by atoms with E-state index in [1.165, 1.54) is 83.5 Å². The van der Waals surface area contributed by atoms with Gasteiger partial charge in [-0.05, 0) is 12.8 Å². The SMILES string of the molecule is CCCCCCCCCCCCC(Cn1ccnc1)OCCCC. The Hall–Kier alpha value is -0.830. The van der Waals surface area contributed by atoms with Crippen LogP contribution in [0.3, 0.4) is 0 Å². The van der Waals surface area contributed by atoms with Crippen LogP contribution in [0.5, 0.6) is 0 Å². The summed E-state index contributed by atoms with van der Waals surface area (Å²) in [7, 11) is 0. The number of nitrogens with zero attached hydrogens (tertiary/aromatic N) is 2. The first-order valence-electron chi connectivity index (χ1n) is 10.4. The van der Waals surface area contributed by atoms with Gasteiger partial charge in [0, 0.05) is 25.5 Å². The van der Waals surface area contributed by atoms with Crippen molar-refractivity contribution in [3.8, 4) is 0 Å². The summed E-state index contributed by atoms with van der Waals surface area (Å²) in [6.07, 6.45) is 23.6. The molecule has 1 atom stereocenters. The van der Waals surface area contributed by atoms with Crippen molar-refractivity contribution in [3.05, 3.63) is 18.7 Å². The molecule has 0 aliphatic carbocycles. The molecule has 0 saturated heterocycles. The van der Waals surface area contributed by atoms with Crippen LogP contribution >= 0.6 is 0 Å². The second kappa shape index (κ2) is 15.7. The summed E-state index contributed by atoms with van der Waals surface area (Å²) in [5.41, 5.74) is 0. The van der Waals surface area contributed by atoms with Crippen LogP contribution in [0.15, 0.2) is 18.7 Å². The predicted octanol–water partition coefficient (Wildman–Crippen LogP) is 6.38. The van der Waals surface area contributed by atoms with Crippen LogP contribution in [0.4, 0.5) is 0 Å². The lowest BCUT2D eigenvalue weighted by molar-refractivity contribution is 0.0323. The molecule has 0 N–H and O–H groups in total. The second-order valence-corrected chi connectivity index (χ2v) is 7.08. The zero-order valence-corrected chi connectivity index (χ0v) is 16.2. The highest BCUT2D eigenvalue weighted by atomic mass is 16.5. The van der Waals surface area contributed by atoms with Crippen LogP contribution in [0.2, 0.25) is 0 Å². The number of rotatable bonds is 17. The molecule has 3 heteroatoms. The maximum atomic E-state index is 6.09. The van der Waals surface area contributed by atoms with E-state index in [1.807, 2.05) is 18.7 Å². The van der Waals surface area contributed by atoms with Crippen LogP contribution < -0.4 is 0 Å². The third kappa shape index (κ3) is 11.7. The molecular weight excluding hydrogens is 296 g/mol. The van der Waals surface area contributed by atoms with E-state index in [0.717, 1.165) is 13.2 Å². The van der Waals surface area contributed by atoms with Gasteiger partial charge in [-0.1, -0.05) is 84.5 Å². The third-order valence-electron chi connectivity index (χ3n) is 4.70. The van der Waals surface area contributed by atoms with Gasteiger partial charge < -0.3 is 9.30 Å². The fraction of sp³-hybridized carbons (Fsp3) is 0.857. The zero-order valence-electron chi connectivity index (χ0n) is 16.2. The molecule has 0 amide bonds. The van der Waals surface area contributed by atoms with Crippen LogP contribution in [0, 0.1) is 0 Å². The molecule has 0 spiro atoms. The summed E-state index contributed by atoms with van der Waals surface area (Å²) in [5.74, 6) is 0. The van der Waals surface area contributed by atoms with E-state index >= 15 is 0 Å². The molecule has 0 aromatic carbocycles. The van der Waals surface area contributed by atoms with Gasteiger partial charge in [0.05, 0.1) is 12.4 Å². The third-order valence-corrected chi connectivity index (χ3v) is 4.70. The largest absolute Gasteiger partial charge is 0.376 e. The van der Waals surface area contributed by atoms with Crippen molar-refractivity contribution in [1.82, 2.24) is 9.55 Å². The van der Waals surface area contributed by atoms with Crippen molar-refractivity contribution in [2.75, 3.05) is 6.61 Å². The Morgan fingerprint density at radius 1 is 0.833 bits per heavy atom. The van der Waals surface area contributed by atoms with Crippen molar-refractivity contribution >= 4 is 0 Å². The van der Waals surface area contributed by atoms with Crippen molar-refractivity contribution < 1.29 is 4.74 Å². The average Bonchev–Trinajstić information content (AvgIpc) is 3.09. The monoisotopic (exact) mass is 336 g/mol. The van der Waals surface area contributed by atoms with E-state index in [9.17, 15) is 0 Å². The Balaban J connectivity index is 2.04. The summed E-state index contributed by atoms with van der Waals surface area (Å²) >= 11 is 0. The highest BCUT2D eigenvalue weighted by Crippen LogP contribution is 2.14. The number of aromatic nitrogens is 2. The van der Waals surface area contributed by atoms with Gasteiger partial charge in [-0.25, -0.2) is 4.98 Å². The molecule has 1 heterocycles. The topological polar surface area (TPSA) is 27.1 Å². The molecule has 0 aliphatic rings. The maximum Gasteiger partial charge on any atom is 0.0946 e. The minimum atomic E-state index is 0.347. The number of imidazole rings is 1. The molecular formula is C21H40N2O. The van der Waals surface area contributed by atoms with E-state index in [4.69, 9.17) is 4.74 Å². The molecule has 0 bridgehead atoms. The van der Waals surface area contributed by atoms with E-state index < -0.39 is 0 Å². The standard InChI is InChI=1S/C21H40N2O/c1-3-5-7-8-9-10-11-12-13-14-15-21(24-18-6-4-2)19-23-17-16-22-20-23/h16-17,20-21H,3-15,18-19H2,1-2H3. The summed E-state index contributed by atoms with van der Waals surface area (Å²) in [6, 6.07) is 0. The number of unbranched alkanes of at least 4 members (excludes halogenated alkanes) is 10. The minimum absolute atomic E-state index is 0.347. The molecule has 0 fully saturated rings. The molecule has 0 aliphatic heterocycles. The normalized spacial score (nSPS) is 12.6. The number of ether oxygens (including phenoxy) is 1. The van der Waals surface area contributed by atoms with E-state index in [2.05, 4.69) is 23.4 Å². The molecule has 1 unspecified atom stereocenters. The number of hydrogen-bond donors (Lipinski definition) is 0. The Morgan fingerprint density at radius 2 is 1.46 bits per heavy atom. The first-order chi connectivity index (χ1) is 11.9. The number of hydrogen-bond acceptors (Lipinski definition) is 2. The molecule has 3 nitrogen and oxygen atoms in total. The van der Waals surface area contributed by atoms with Gasteiger partial charge in [0.15, 0.2) is 0 Å². The second-order valence-electron chi connectivity index (χ2n) is 7.08. The van der Waals surface area contributed by atoms with Crippen LogP contribution in [0.1, 0.15) is 97.3 Å². The van der Waals surface area contributed by atoms with Gasteiger partial charge in [0.25, 0.3) is 0 Å². The molecule has 0 radical (unpaired) electrons. The summed E-state index contributed by atoms with van der Waals surface area (Å²) in [6.45, 7) is 6.34. The first kappa shape index (κ1) is 21.2. The zero-order chi connectivity index (χ0) is 17.3. The predicted molar refractivity (Wildman–Crippen MR) is 103 cm³/mol. The summed E-state index contributed by atoms with van der Waals surface area (Å²) in [5, 5.41) is 0. The van der Waals surface area contributed by atoms with Gasteiger partial charge in [-0.3, -0.25) is 0 Å². The van der Waals surface area contributed by atoms with Crippen LogP contribution in [0.25, 0.3) is 0 Å². The van der Waals surface area contributed by atoms with Gasteiger partial charge in [0.1, 0.15) is 0 Å². The summed E-state index contributed by atoms with van der Waals surface area (Å²) < 4.78 is 8.24. The molecule has 1 rings (SSSR count). The Kier molecular flexibility index (Phi) is 13.9. The van der Waals surface area contributed by atoms with Crippen LogP contribution in [-0.2, 0) is 11.3 Å². The smallest absolute Gasteiger partial charge is 0.0946 e. The molecule has 1 aromatic heterocycles. The Morgan fingerprint density at radius 3 is 2.04 bits per heavy atom. The van der Waals surface area contributed by atoms with E-state index in [1.54, 1.807) is 0 Å². The molecule has 1 aromatic rings. The highest BCUT2D eigenvalue weighted by molar-refractivity contribution is 4.76. The van der Waals surface area contributed by atoms with Crippen molar-refractivity contribution in [2.45, 2.75) is 110 Å². The fourth-order valence-corrected chi connectivity index (χ4v) is 3.11. The van der Waals surface area contributed by atoms with Gasteiger partial charge in [-0.15, -0.1) is 0 Å². The fourth-order valence-electron chi connectivity index (χ4n) is 3.11. The molecule has 140 valence electrons. The molecule has 24 heavy (non-hydrogen) atoms. The Bertz CT molecular complexity index is 351. The van der Waals surface area contributed by atoms with Crippen molar-refractivity contribution in [1.29, 1.82) is 0 Å². The lowest BCUT2D eigenvalue weighted by Crippen LogP contribution is -2.20. The first-order valence-corrected chi connectivity index (χ1v) is 10.4. The minimum Gasteiger partial charge on any atom is -0.376 e. The van der Waals surface area contributed by atoms with Crippen LogP contribution in [-0.4, -0.2) is 22.3 Å². The van der Waals surface area contributed by atoms with Gasteiger partial charge in [0.2, 0.25) is 0 Å². The van der Waals surface area contributed by atoms with Gasteiger partial charge >= 0.3 is 0 Å². The van der Waals surface area contributed by atoms with Gasteiger partial charge in [-0.2, -0.15) is 0 Å². The molecule has 0 saturated carbocycles. The lowest BCUT2D eigenvalue weighted by atomic mass is 10.0. The quantitative estimate of drug-likeness (QED) is 0.309. The van der Waals surface area contributed by atoms with E-state index in [-0.39, 0.29) is 0 Å². The Labute approximate surface area is 150 Å². The van der Waals surface area contributed by atoms with Crippen molar-refractivity contribution in [3.63, 3.8) is 0 Å². The maximum absolute atomic E-state index is 6.09.